The number of Topliss-reactive ketones (excluding diaryl/α,β-unsaturated/α-hetero) is 1. The molecule has 1 amide bonds. The minimum atomic E-state index is -0.101. The molecule has 0 bridgehead atoms. The minimum Gasteiger partial charge on any atom is -0.324 e. The van der Waals surface area contributed by atoms with Crippen LogP contribution in [0.25, 0.3) is 0 Å². The fraction of sp³-hybridized carbons (Fsp3) is 0.300. The van der Waals surface area contributed by atoms with Crippen LogP contribution in [-0.4, -0.2) is 30.2 Å². The van der Waals surface area contributed by atoms with Crippen LogP contribution in [0, 0.1) is 0 Å². The number of hydrogen-bond acceptors (Lipinski definition) is 3. The Balaban J connectivity index is 1.67. The largest absolute Gasteiger partial charge is 0.324 e. The Hall–Kier alpha value is -2.46. The second-order valence-corrected chi connectivity index (χ2v) is 6.32. The van der Waals surface area contributed by atoms with Crippen LogP contribution in [0.4, 0.5) is 5.69 Å². The number of para-hydroxylation sites is 1. The van der Waals surface area contributed by atoms with Gasteiger partial charge in [0.15, 0.2) is 5.78 Å². The molecule has 4 nitrogen and oxygen atoms in total. The molecule has 0 heterocycles. The number of anilines is 1. The number of hydrogen-bond donors (Lipinski definition) is 1. The Morgan fingerprint density at radius 2 is 1.83 bits per heavy atom. The molecular formula is C20H22N2O2. The molecule has 4 heteroatoms. The third kappa shape index (κ3) is 3.39. The highest BCUT2D eigenvalue weighted by atomic mass is 16.2. The number of carbonyl (C=O) groups is 2. The van der Waals surface area contributed by atoms with Gasteiger partial charge in [-0.25, -0.2) is 0 Å². The molecule has 24 heavy (non-hydrogen) atoms. The summed E-state index contributed by atoms with van der Waals surface area (Å²) in [6.45, 7) is 1.80. The van der Waals surface area contributed by atoms with Crippen molar-refractivity contribution in [2.75, 3.05) is 18.9 Å². The summed E-state index contributed by atoms with van der Waals surface area (Å²) in [5.41, 5.74) is 3.81. The topological polar surface area (TPSA) is 49.4 Å². The van der Waals surface area contributed by atoms with Crippen LogP contribution in [0.2, 0.25) is 0 Å². The normalized spacial score (nSPS) is 16.0. The van der Waals surface area contributed by atoms with Crippen molar-refractivity contribution in [3.05, 3.63) is 65.2 Å². The van der Waals surface area contributed by atoms with Gasteiger partial charge in [-0.1, -0.05) is 36.4 Å². The summed E-state index contributed by atoms with van der Waals surface area (Å²) < 4.78 is 0. The van der Waals surface area contributed by atoms with Gasteiger partial charge in [0.05, 0.1) is 12.2 Å². The van der Waals surface area contributed by atoms with E-state index in [-0.39, 0.29) is 17.7 Å². The lowest BCUT2D eigenvalue weighted by Gasteiger charge is -2.24. The summed E-state index contributed by atoms with van der Waals surface area (Å²) in [5.74, 6) is -0.153. The Bertz CT molecular complexity index is 770. The first-order chi connectivity index (χ1) is 11.6. The van der Waals surface area contributed by atoms with Crippen LogP contribution in [0.1, 0.15) is 40.9 Å². The number of carbonyl (C=O) groups excluding carboxylic acids is 2. The molecule has 3 rings (SSSR count). The van der Waals surface area contributed by atoms with E-state index in [1.165, 1.54) is 18.1 Å². The van der Waals surface area contributed by atoms with Gasteiger partial charge in [0.1, 0.15) is 0 Å². The molecule has 0 saturated heterocycles. The molecule has 1 aliphatic rings. The molecular weight excluding hydrogens is 300 g/mol. The average molecular weight is 322 g/mol. The zero-order valence-electron chi connectivity index (χ0n) is 14.1. The van der Waals surface area contributed by atoms with E-state index in [2.05, 4.69) is 28.4 Å². The smallest absolute Gasteiger partial charge is 0.238 e. The van der Waals surface area contributed by atoms with Gasteiger partial charge in [-0.05, 0) is 50.1 Å². The average Bonchev–Trinajstić information content (AvgIpc) is 2.99. The fourth-order valence-corrected chi connectivity index (χ4v) is 3.42. The first-order valence-corrected chi connectivity index (χ1v) is 8.24. The Morgan fingerprint density at radius 1 is 1.12 bits per heavy atom. The number of nitrogens with zero attached hydrogens (tertiary/aromatic N) is 1. The number of fused-ring (bicyclic) bond motifs is 1. The van der Waals surface area contributed by atoms with Gasteiger partial charge in [0, 0.05) is 11.6 Å². The van der Waals surface area contributed by atoms with E-state index in [0.29, 0.717) is 17.8 Å². The van der Waals surface area contributed by atoms with Crippen LogP contribution < -0.4 is 5.32 Å². The quantitative estimate of drug-likeness (QED) is 0.858. The van der Waals surface area contributed by atoms with Crippen molar-refractivity contribution in [3.8, 4) is 0 Å². The number of aryl methyl sites for hydroxylation is 1. The van der Waals surface area contributed by atoms with Crippen LogP contribution in [-0.2, 0) is 11.2 Å². The van der Waals surface area contributed by atoms with Crippen molar-refractivity contribution in [3.63, 3.8) is 0 Å². The van der Waals surface area contributed by atoms with Crippen molar-refractivity contribution in [1.29, 1.82) is 0 Å². The SMILES string of the molecule is CC(=O)c1ccccc1NC(=O)CN(C)C1CCc2ccccc21. The molecule has 0 saturated carbocycles. The third-order valence-corrected chi connectivity index (χ3v) is 4.61. The van der Waals surface area contributed by atoms with E-state index in [1.54, 1.807) is 18.2 Å². The van der Waals surface area contributed by atoms with Crippen molar-refractivity contribution in [2.24, 2.45) is 0 Å². The maximum atomic E-state index is 12.4. The van der Waals surface area contributed by atoms with E-state index >= 15 is 0 Å². The highest BCUT2D eigenvalue weighted by Gasteiger charge is 2.26. The maximum Gasteiger partial charge on any atom is 0.238 e. The molecule has 1 unspecified atom stereocenters. The lowest BCUT2D eigenvalue weighted by Crippen LogP contribution is -2.32. The van der Waals surface area contributed by atoms with Crippen LogP contribution >= 0.6 is 0 Å². The molecule has 0 aromatic heterocycles. The first kappa shape index (κ1) is 16.4. The van der Waals surface area contributed by atoms with E-state index in [0.717, 1.165) is 12.8 Å². The Morgan fingerprint density at radius 3 is 2.62 bits per heavy atom. The van der Waals surface area contributed by atoms with E-state index in [9.17, 15) is 9.59 Å². The van der Waals surface area contributed by atoms with E-state index in [1.807, 2.05) is 19.2 Å². The van der Waals surface area contributed by atoms with Crippen LogP contribution in [0.3, 0.4) is 0 Å². The Labute approximate surface area is 142 Å². The van der Waals surface area contributed by atoms with Crippen LogP contribution in [0.15, 0.2) is 48.5 Å². The number of rotatable bonds is 5. The number of benzene rings is 2. The molecule has 1 atom stereocenters. The first-order valence-electron chi connectivity index (χ1n) is 8.24. The van der Waals surface area contributed by atoms with Gasteiger partial charge in [-0.15, -0.1) is 0 Å². The lowest BCUT2D eigenvalue weighted by atomic mass is 10.1. The summed E-state index contributed by atoms with van der Waals surface area (Å²) in [5, 5.41) is 2.87. The highest BCUT2D eigenvalue weighted by Crippen LogP contribution is 2.34. The summed E-state index contributed by atoms with van der Waals surface area (Å²) >= 11 is 0. The molecule has 124 valence electrons. The van der Waals surface area contributed by atoms with E-state index < -0.39 is 0 Å². The van der Waals surface area contributed by atoms with Gasteiger partial charge in [-0.3, -0.25) is 14.5 Å². The molecule has 2 aromatic carbocycles. The van der Waals surface area contributed by atoms with E-state index in [4.69, 9.17) is 0 Å². The van der Waals surface area contributed by atoms with Gasteiger partial charge in [0.2, 0.25) is 5.91 Å². The maximum absolute atomic E-state index is 12.4. The number of ketones is 1. The summed E-state index contributed by atoms with van der Waals surface area (Å²) in [7, 11) is 1.98. The van der Waals surface area contributed by atoms with Gasteiger partial charge >= 0.3 is 0 Å². The zero-order valence-corrected chi connectivity index (χ0v) is 14.1. The second-order valence-electron chi connectivity index (χ2n) is 6.32. The van der Waals surface area contributed by atoms with Crippen molar-refractivity contribution < 1.29 is 9.59 Å². The number of amides is 1. The fourth-order valence-electron chi connectivity index (χ4n) is 3.42. The highest BCUT2D eigenvalue weighted by molar-refractivity contribution is 6.04. The van der Waals surface area contributed by atoms with Gasteiger partial charge < -0.3 is 5.32 Å². The summed E-state index contributed by atoms with van der Waals surface area (Å²) in [6, 6.07) is 15.8. The predicted molar refractivity (Wildman–Crippen MR) is 95.2 cm³/mol. The standard InChI is InChI=1S/C20H22N2O2/c1-14(23)16-8-5-6-10-18(16)21-20(24)13-22(2)19-12-11-15-7-3-4-9-17(15)19/h3-10,19H,11-13H2,1-2H3,(H,21,24). The van der Waals surface area contributed by atoms with Crippen molar-refractivity contribution in [2.45, 2.75) is 25.8 Å². The summed E-state index contributed by atoms with van der Waals surface area (Å²) in [6.07, 6.45) is 2.09. The minimum absolute atomic E-state index is 0.0519. The lowest BCUT2D eigenvalue weighted by molar-refractivity contribution is -0.117. The predicted octanol–water partition coefficient (Wildman–Crippen LogP) is 3.45. The summed E-state index contributed by atoms with van der Waals surface area (Å²) in [4.78, 5) is 26.1. The third-order valence-electron chi connectivity index (χ3n) is 4.61. The molecule has 0 radical (unpaired) electrons. The molecule has 0 aliphatic heterocycles. The molecule has 2 aromatic rings. The van der Waals surface area contributed by atoms with Crippen molar-refractivity contribution >= 4 is 17.4 Å². The monoisotopic (exact) mass is 322 g/mol. The molecule has 1 N–H and O–H groups in total. The second kappa shape index (κ2) is 6.97. The number of likely N-dealkylation sites (N-methyl/N-ethyl adjacent to an activating group) is 1. The molecule has 0 fully saturated rings. The van der Waals surface area contributed by atoms with Crippen molar-refractivity contribution in [1.82, 2.24) is 4.90 Å². The van der Waals surface area contributed by atoms with Gasteiger partial charge in [0.25, 0.3) is 0 Å². The zero-order chi connectivity index (χ0) is 17.1. The number of nitrogens with one attached hydrogen (secondary N) is 1. The van der Waals surface area contributed by atoms with Gasteiger partial charge in [-0.2, -0.15) is 0 Å². The molecule has 0 spiro atoms. The van der Waals surface area contributed by atoms with Crippen LogP contribution in [0.5, 0.6) is 0 Å². The molecule has 1 aliphatic carbocycles. The Kier molecular flexibility index (Phi) is 4.76.